The number of aliphatic hydroxyl groups excluding tert-OH is 1. The van der Waals surface area contributed by atoms with Crippen LogP contribution in [0.5, 0.6) is 11.5 Å². The quantitative estimate of drug-likeness (QED) is 0.0703. The van der Waals surface area contributed by atoms with Gasteiger partial charge in [-0.05, 0) is 109 Å². The Kier molecular flexibility index (Phi) is 14.4. The molecule has 0 spiro atoms. The minimum atomic E-state index is -1.19. The lowest BCUT2D eigenvalue weighted by atomic mass is 9.92. The van der Waals surface area contributed by atoms with Crippen molar-refractivity contribution in [3.63, 3.8) is 0 Å². The topological polar surface area (TPSA) is 144 Å². The first-order valence-corrected chi connectivity index (χ1v) is 20.7. The van der Waals surface area contributed by atoms with Gasteiger partial charge < -0.3 is 25.2 Å². The summed E-state index contributed by atoms with van der Waals surface area (Å²) in [6, 6.07) is 14.0. The average molecular weight is 774 g/mol. The lowest BCUT2D eigenvalue weighted by Crippen LogP contribution is -2.36. The molecule has 1 aliphatic rings. The van der Waals surface area contributed by atoms with Crippen LogP contribution in [0.2, 0.25) is 0 Å². The molecule has 302 valence electrons. The molecule has 3 heterocycles. The molecule has 0 radical (unpaired) electrons. The average Bonchev–Trinajstić information content (AvgIpc) is 3.20. The van der Waals surface area contributed by atoms with Gasteiger partial charge in [-0.15, -0.1) is 0 Å². The number of nitrogens with zero attached hydrogens (tertiary/aromatic N) is 5. The van der Waals surface area contributed by atoms with Gasteiger partial charge in [0.25, 0.3) is 0 Å². The summed E-state index contributed by atoms with van der Waals surface area (Å²) < 4.78 is 12.5. The molecule has 0 saturated carbocycles. The number of hydrogen-bond acceptors (Lipinski definition) is 10. The number of anilines is 1. The summed E-state index contributed by atoms with van der Waals surface area (Å²) in [6.45, 7) is 13.5. The highest BCUT2D eigenvalue weighted by Crippen LogP contribution is 2.34. The molecule has 1 amide bonds. The number of carbonyl (C=O) groups excluding carboxylic acids is 1. The van der Waals surface area contributed by atoms with Crippen LogP contribution < -0.4 is 20.1 Å². The van der Waals surface area contributed by atoms with Crippen molar-refractivity contribution < 1.29 is 19.4 Å². The van der Waals surface area contributed by atoms with Crippen LogP contribution >= 0.6 is 0 Å². The van der Waals surface area contributed by atoms with Crippen LogP contribution in [0.1, 0.15) is 114 Å². The molecule has 11 nitrogen and oxygen atoms in total. The molecule has 0 bridgehead atoms. The number of carbonyl (C=O) groups is 1. The number of ether oxygens (including phenoxy) is 2. The zero-order valence-electron chi connectivity index (χ0n) is 34.6. The second-order valence-electron chi connectivity index (χ2n) is 15.4. The van der Waals surface area contributed by atoms with Gasteiger partial charge >= 0.3 is 0 Å². The molecule has 5 aromatic rings. The third kappa shape index (κ3) is 11.0. The zero-order chi connectivity index (χ0) is 40.3. The van der Waals surface area contributed by atoms with Crippen LogP contribution in [0.15, 0.2) is 42.5 Å². The van der Waals surface area contributed by atoms with Gasteiger partial charge in [-0.3, -0.25) is 29.7 Å². The molecule has 6 rings (SSSR count). The SMILES string of the molecule is Cc1nc(C)c(COc2ccc(CC(O)C(=O)NCCCCCCCCNc3c4c(nc5ccccc35)CCCC4)cc2OCc2nc(C)c(C)nc2C)nc1C. The van der Waals surface area contributed by atoms with E-state index in [9.17, 15) is 9.90 Å². The third-order valence-corrected chi connectivity index (χ3v) is 11.0. The summed E-state index contributed by atoms with van der Waals surface area (Å²) in [4.78, 5) is 36.4. The molecule has 57 heavy (non-hydrogen) atoms. The zero-order valence-corrected chi connectivity index (χ0v) is 34.6. The molecular weight excluding hydrogens is 715 g/mol. The van der Waals surface area contributed by atoms with Gasteiger partial charge in [0.15, 0.2) is 11.5 Å². The van der Waals surface area contributed by atoms with Gasteiger partial charge in [0.2, 0.25) is 5.91 Å². The van der Waals surface area contributed by atoms with Crippen molar-refractivity contribution in [3.8, 4) is 11.5 Å². The van der Waals surface area contributed by atoms with Crippen LogP contribution in [-0.4, -0.2) is 55.1 Å². The number of aliphatic hydroxyl groups is 1. The van der Waals surface area contributed by atoms with Crippen LogP contribution in [0.4, 0.5) is 5.69 Å². The fourth-order valence-electron chi connectivity index (χ4n) is 7.39. The third-order valence-electron chi connectivity index (χ3n) is 11.0. The first-order chi connectivity index (χ1) is 27.6. The van der Waals surface area contributed by atoms with E-state index in [1.54, 1.807) is 0 Å². The van der Waals surface area contributed by atoms with Crippen LogP contribution in [0.3, 0.4) is 0 Å². The summed E-state index contributed by atoms with van der Waals surface area (Å²) in [5, 5.41) is 18.8. The van der Waals surface area contributed by atoms with E-state index in [1.807, 2.05) is 59.7 Å². The van der Waals surface area contributed by atoms with Gasteiger partial charge in [0.05, 0.1) is 51.1 Å². The maximum atomic E-state index is 12.9. The van der Waals surface area contributed by atoms with E-state index in [1.165, 1.54) is 35.2 Å². The lowest BCUT2D eigenvalue weighted by molar-refractivity contribution is -0.129. The molecule has 3 aromatic heterocycles. The second-order valence-corrected chi connectivity index (χ2v) is 15.4. The molecule has 0 fully saturated rings. The van der Waals surface area contributed by atoms with Gasteiger partial charge in [-0.1, -0.05) is 49.9 Å². The number of nitrogens with one attached hydrogen (secondary N) is 2. The molecule has 1 aliphatic carbocycles. The summed E-state index contributed by atoms with van der Waals surface area (Å²) in [5.74, 6) is 0.623. The van der Waals surface area contributed by atoms with Crippen molar-refractivity contribution in [2.24, 2.45) is 0 Å². The number of unbranched alkanes of at least 4 members (excludes halogenated alkanes) is 5. The predicted molar refractivity (Wildman–Crippen MR) is 225 cm³/mol. The first-order valence-electron chi connectivity index (χ1n) is 20.7. The molecule has 0 aliphatic heterocycles. The number of aryl methyl sites for hydroxylation is 7. The predicted octanol–water partition coefficient (Wildman–Crippen LogP) is 8.17. The van der Waals surface area contributed by atoms with Gasteiger partial charge in [-0.2, -0.15) is 0 Å². The van der Waals surface area contributed by atoms with E-state index < -0.39 is 6.10 Å². The second kappa shape index (κ2) is 19.8. The highest BCUT2D eigenvalue weighted by Gasteiger charge is 2.20. The van der Waals surface area contributed by atoms with Crippen LogP contribution in [0, 0.1) is 41.5 Å². The van der Waals surface area contributed by atoms with E-state index in [4.69, 9.17) is 14.5 Å². The van der Waals surface area contributed by atoms with E-state index >= 15 is 0 Å². The van der Waals surface area contributed by atoms with E-state index in [2.05, 4.69) is 54.8 Å². The van der Waals surface area contributed by atoms with E-state index in [-0.39, 0.29) is 25.5 Å². The van der Waals surface area contributed by atoms with Gasteiger partial charge in [-0.25, -0.2) is 0 Å². The monoisotopic (exact) mass is 773 g/mol. The highest BCUT2D eigenvalue weighted by molar-refractivity contribution is 5.93. The fourth-order valence-corrected chi connectivity index (χ4v) is 7.39. The number of amides is 1. The van der Waals surface area contributed by atoms with Crippen molar-refractivity contribution in [2.75, 3.05) is 18.4 Å². The first kappa shape index (κ1) is 41.5. The summed E-state index contributed by atoms with van der Waals surface area (Å²) in [5.41, 5.74) is 12.4. The van der Waals surface area contributed by atoms with Gasteiger partial charge in [0.1, 0.15) is 19.3 Å². The minimum absolute atomic E-state index is 0.138. The molecule has 1 atom stereocenters. The van der Waals surface area contributed by atoms with Crippen LogP contribution in [-0.2, 0) is 37.3 Å². The van der Waals surface area contributed by atoms with Crippen molar-refractivity contribution in [3.05, 3.63) is 105 Å². The summed E-state index contributed by atoms with van der Waals surface area (Å²) in [7, 11) is 0. The Bertz CT molecular complexity index is 2170. The largest absolute Gasteiger partial charge is 0.483 e. The van der Waals surface area contributed by atoms with Crippen molar-refractivity contribution in [2.45, 2.75) is 131 Å². The number of fused-ring (bicyclic) bond motifs is 2. The molecule has 0 saturated heterocycles. The van der Waals surface area contributed by atoms with Crippen molar-refractivity contribution >= 4 is 22.5 Å². The number of para-hydroxylation sites is 1. The standard InChI is InChI=1S/C46H59N7O4/c1-29-31(3)51-40(33(5)49-29)27-56-43-22-21-35(26-44(43)57-28-41-34(6)50-30(2)32(4)52-41)25-42(54)46(55)48-24-16-10-8-7-9-15-23-47-45-36-17-11-13-19-38(36)53-39-20-14-12-18-37(39)45/h11,13,17,19,21-22,26,42,54H,7-10,12,14-16,18,20,23-25,27-28H2,1-6H3,(H,47,53)(H,48,55). The van der Waals surface area contributed by atoms with Crippen molar-refractivity contribution in [1.82, 2.24) is 30.2 Å². The Labute approximate surface area is 337 Å². The number of hydrogen-bond donors (Lipinski definition) is 3. The number of rotatable bonds is 19. The lowest BCUT2D eigenvalue weighted by Gasteiger charge is -2.21. The number of benzene rings is 2. The van der Waals surface area contributed by atoms with Crippen molar-refractivity contribution in [1.29, 1.82) is 0 Å². The number of pyridine rings is 1. The Morgan fingerprint density at radius 3 is 1.98 bits per heavy atom. The maximum Gasteiger partial charge on any atom is 0.249 e. The molecular formula is C46H59N7O4. The maximum absolute atomic E-state index is 12.9. The fraction of sp³-hybridized carbons (Fsp3) is 0.478. The Morgan fingerprint density at radius 1 is 0.684 bits per heavy atom. The molecule has 11 heteroatoms. The highest BCUT2D eigenvalue weighted by atomic mass is 16.5. The van der Waals surface area contributed by atoms with E-state index in [0.29, 0.717) is 18.0 Å². The Morgan fingerprint density at radius 2 is 1.28 bits per heavy atom. The molecule has 3 N–H and O–H groups in total. The molecule has 2 aromatic carbocycles. The smallest absolute Gasteiger partial charge is 0.249 e. The number of aromatic nitrogens is 5. The summed E-state index contributed by atoms with van der Waals surface area (Å²) >= 11 is 0. The van der Waals surface area contributed by atoms with E-state index in [0.717, 1.165) is 115 Å². The summed E-state index contributed by atoms with van der Waals surface area (Å²) in [6.07, 6.45) is 10.1. The Balaban J connectivity index is 0.944. The minimum Gasteiger partial charge on any atom is -0.483 e. The van der Waals surface area contributed by atoms with Crippen LogP contribution in [0.25, 0.3) is 10.9 Å². The molecule has 1 unspecified atom stereocenters. The van der Waals surface area contributed by atoms with Gasteiger partial charge in [0, 0.05) is 36.3 Å². The Hall–Kier alpha value is -5.16. The normalized spacial score (nSPS) is 13.0.